The molecule has 3 N–H and O–H groups in total. The van der Waals surface area contributed by atoms with Gasteiger partial charge in [0, 0.05) is 31.6 Å². The first-order chi connectivity index (χ1) is 13.2. The Morgan fingerprint density at radius 1 is 0.963 bits per heavy atom. The van der Waals surface area contributed by atoms with Crippen molar-refractivity contribution >= 4 is 11.8 Å². The summed E-state index contributed by atoms with van der Waals surface area (Å²) in [6.07, 6.45) is 3.69. The molecule has 5 nitrogen and oxygen atoms in total. The van der Waals surface area contributed by atoms with Crippen LogP contribution in [0, 0.1) is 0 Å². The largest absolute Gasteiger partial charge is 0.341 e. The highest BCUT2D eigenvalue weighted by molar-refractivity contribution is 5.97. The van der Waals surface area contributed by atoms with Crippen LogP contribution in [0.15, 0.2) is 54.6 Å². The smallest absolute Gasteiger partial charge is 0.251 e. The summed E-state index contributed by atoms with van der Waals surface area (Å²) in [6.45, 7) is 1.91. The molecule has 0 bridgehead atoms. The van der Waals surface area contributed by atoms with Crippen LogP contribution in [0.25, 0.3) is 0 Å². The Morgan fingerprint density at radius 2 is 1.67 bits per heavy atom. The number of benzene rings is 2. The molecule has 0 unspecified atom stereocenters. The van der Waals surface area contributed by atoms with Gasteiger partial charge in [-0.15, -0.1) is 0 Å². The Balaban J connectivity index is 1.77. The van der Waals surface area contributed by atoms with Crippen LogP contribution in [-0.4, -0.2) is 35.8 Å². The number of nitrogens with zero attached hydrogens (tertiary/aromatic N) is 1. The Bertz CT molecular complexity index is 770. The fourth-order valence-electron chi connectivity index (χ4n) is 3.47. The van der Waals surface area contributed by atoms with Crippen molar-refractivity contribution < 1.29 is 9.59 Å². The molecule has 2 aromatic rings. The highest BCUT2D eigenvalue weighted by Gasteiger charge is 2.27. The van der Waals surface area contributed by atoms with E-state index >= 15 is 0 Å². The Labute approximate surface area is 160 Å². The van der Waals surface area contributed by atoms with Crippen LogP contribution in [0.4, 0.5) is 0 Å². The molecule has 1 heterocycles. The lowest BCUT2D eigenvalue weighted by Gasteiger charge is -2.31. The summed E-state index contributed by atoms with van der Waals surface area (Å²) in [4.78, 5) is 27.7. The molecule has 0 radical (unpaired) electrons. The molecule has 0 aliphatic carbocycles. The van der Waals surface area contributed by atoms with Crippen molar-refractivity contribution in [3.05, 3.63) is 71.3 Å². The molecule has 27 heavy (non-hydrogen) atoms. The maximum atomic E-state index is 13.1. The molecule has 1 fully saturated rings. The summed E-state index contributed by atoms with van der Waals surface area (Å²) >= 11 is 0. The third-order valence-electron chi connectivity index (χ3n) is 4.98. The van der Waals surface area contributed by atoms with Gasteiger partial charge < -0.3 is 16.0 Å². The first kappa shape index (κ1) is 19.1. The predicted octanol–water partition coefficient (Wildman–Crippen LogP) is 2.50. The van der Waals surface area contributed by atoms with Crippen LogP contribution in [-0.2, 0) is 17.8 Å². The van der Waals surface area contributed by atoms with Gasteiger partial charge in [0.25, 0.3) is 5.91 Å². The quantitative estimate of drug-likeness (QED) is 0.826. The van der Waals surface area contributed by atoms with E-state index in [0.29, 0.717) is 18.5 Å². The van der Waals surface area contributed by atoms with E-state index in [1.54, 1.807) is 12.1 Å². The van der Waals surface area contributed by atoms with E-state index in [2.05, 4.69) is 5.32 Å². The Morgan fingerprint density at radius 3 is 2.37 bits per heavy atom. The van der Waals surface area contributed by atoms with E-state index in [-0.39, 0.29) is 11.8 Å². The van der Waals surface area contributed by atoms with E-state index < -0.39 is 6.04 Å². The molecule has 2 aromatic carbocycles. The van der Waals surface area contributed by atoms with Crippen molar-refractivity contribution in [2.75, 3.05) is 13.1 Å². The number of carbonyl (C=O) groups excluding carboxylic acids is 2. The van der Waals surface area contributed by atoms with Crippen molar-refractivity contribution in [3.8, 4) is 0 Å². The molecule has 0 aromatic heterocycles. The minimum Gasteiger partial charge on any atom is -0.341 e. The molecule has 2 amide bonds. The number of amides is 2. The molecule has 1 aliphatic rings. The summed E-state index contributed by atoms with van der Waals surface area (Å²) in [5.41, 5.74) is 8.13. The van der Waals surface area contributed by atoms with Crippen LogP contribution in [0.3, 0.4) is 0 Å². The lowest BCUT2D eigenvalue weighted by molar-refractivity contribution is -0.134. The van der Waals surface area contributed by atoms with E-state index in [4.69, 9.17) is 5.73 Å². The minimum absolute atomic E-state index is 0.00174. The molecule has 142 valence electrons. The topological polar surface area (TPSA) is 75.4 Å². The van der Waals surface area contributed by atoms with E-state index in [1.165, 1.54) is 0 Å². The summed E-state index contributed by atoms with van der Waals surface area (Å²) in [5.74, 6) is -0.238. The second-order valence-corrected chi connectivity index (χ2v) is 7.01. The Kier molecular flexibility index (Phi) is 6.60. The molecule has 1 aliphatic heterocycles. The van der Waals surface area contributed by atoms with E-state index in [0.717, 1.165) is 43.5 Å². The van der Waals surface area contributed by atoms with Gasteiger partial charge in [0.15, 0.2) is 0 Å². The lowest BCUT2D eigenvalue weighted by Crippen LogP contribution is -2.51. The first-order valence-electron chi connectivity index (χ1n) is 9.60. The number of hydrogen-bond donors (Lipinski definition) is 2. The zero-order valence-corrected chi connectivity index (χ0v) is 15.6. The van der Waals surface area contributed by atoms with Crippen LogP contribution in [0.2, 0.25) is 0 Å². The minimum atomic E-state index is -0.570. The third-order valence-corrected chi connectivity index (χ3v) is 4.98. The maximum absolute atomic E-state index is 13.1. The van der Waals surface area contributed by atoms with Gasteiger partial charge in [-0.3, -0.25) is 9.59 Å². The molecule has 0 saturated carbocycles. The third kappa shape index (κ3) is 5.17. The molecular weight excluding hydrogens is 338 g/mol. The lowest BCUT2D eigenvalue weighted by atomic mass is 10.0. The summed E-state index contributed by atoms with van der Waals surface area (Å²) in [6, 6.07) is 16.5. The Hall–Kier alpha value is -2.66. The van der Waals surface area contributed by atoms with Gasteiger partial charge in [-0.2, -0.15) is 0 Å². The van der Waals surface area contributed by atoms with E-state index in [9.17, 15) is 9.59 Å². The molecule has 0 spiro atoms. The van der Waals surface area contributed by atoms with Gasteiger partial charge in [0.05, 0.1) is 0 Å². The van der Waals surface area contributed by atoms with Crippen LogP contribution < -0.4 is 11.1 Å². The summed E-state index contributed by atoms with van der Waals surface area (Å²) in [7, 11) is 0. The van der Waals surface area contributed by atoms with Crippen molar-refractivity contribution in [1.82, 2.24) is 10.2 Å². The average molecular weight is 365 g/mol. The predicted molar refractivity (Wildman–Crippen MR) is 106 cm³/mol. The number of likely N-dealkylation sites (tertiary alicyclic amines) is 1. The molecular formula is C22H27N3O2. The summed E-state index contributed by atoms with van der Waals surface area (Å²) in [5, 5.41) is 2.96. The molecule has 3 rings (SSSR count). The van der Waals surface area contributed by atoms with Gasteiger partial charge in [-0.25, -0.2) is 0 Å². The SMILES string of the molecule is NCc1cccc(C(=O)N[C@H](Cc2ccccc2)C(=O)N2CCCCC2)c1. The fourth-order valence-corrected chi connectivity index (χ4v) is 3.47. The zero-order valence-electron chi connectivity index (χ0n) is 15.6. The average Bonchev–Trinajstić information content (AvgIpc) is 2.74. The zero-order chi connectivity index (χ0) is 19.1. The van der Waals surface area contributed by atoms with Gasteiger partial charge >= 0.3 is 0 Å². The number of rotatable bonds is 6. The monoisotopic (exact) mass is 365 g/mol. The van der Waals surface area contributed by atoms with Crippen molar-refractivity contribution in [3.63, 3.8) is 0 Å². The van der Waals surface area contributed by atoms with Crippen LogP contribution in [0.1, 0.15) is 40.7 Å². The second-order valence-electron chi connectivity index (χ2n) is 7.01. The van der Waals surface area contributed by atoms with Crippen LogP contribution >= 0.6 is 0 Å². The molecule has 1 saturated heterocycles. The second kappa shape index (κ2) is 9.33. The van der Waals surface area contributed by atoms with Gasteiger partial charge in [0.2, 0.25) is 5.91 Å². The van der Waals surface area contributed by atoms with Gasteiger partial charge in [-0.1, -0.05) is 42.5 Å². The number of nitrogens with one attached hydrogen (secondary N) is 1. The number of hydrogen-bond acceptors (Lipinski definition) is 3. The standard InChI is InChI=1S/C22H27N3O2/c23-16-18-10-7-11-19(14-18)21(26)24-20(15-17-8-3-1-4-9-17)22(27)25-12-5-2-6-13-25/h1,3-4,7-11,14,20H,2,5-6,12-13,15-16,23H2,(H,24,26)/t20-/m1/s1. The van der Waals surface area contributed by atoms with Crippen LogP contribution in [0.5, 0.6) is 0 Å². The number of piperidine rings is 1. The normalized spacial score (nSPS) is 15.2. The highest BCUT2D eigenvalue weighted by atomic mass is 16.2. The summed E-state index contributed by atoms with van der Waals surface area (Å²) < 4.78 is 0. The fraction of sp³-hybridized carbons (Fsp3) is 0.364. The van der Waals surface area contributed by atoms with Crippen molar-refractivity contribution in [1.29, 1.82) is 0 Å². The van der Waals surface area contributed by atoms with Crippen molar-refractivity contribution in [2.45, 2.75) is 38.3 Å². The van der Waals surface area contributed by atoms with E-state index in [1.807, 2.05) is 47.4 Å². The maximum Gasteiger partial charge on any atom is 0.251 e. The molecule has 5 heteroatoms. The van der Waals surface area contributed by atoms with Gasteiger partial charge in [-0.05, 0) is 42.5 Å². The van der Waals surface area contributed by atoms with Crippen molar-refractivity contribution in [2.24, 2.45) is 5.73 Å². The van der Waals surface area contributed by atoms with Gasteiger partial charge in [0.1, 0.15) is 6.04 Å². The first-order valence-corrected chi connectivity index (χ1v) is 9.60. The number of nitrogens with two attached hydrogens (primary N) is 1. The highest BCUT2D eigenvalue weighted by Crippen LogP contribution is 2.13. The number of carbonyl (C=O) groups is 2. The molecule has 1 atom stereocenters.